The largest absolute Gasteiger partial charge is 0.493 e. The predicted molar refractivity (Wildman–Crippen MR) is 95.4 cm³/mol. The molecule has 1 amide bonds. The molecule has 0 fully saturated rings. The molecule has 1 aliphatic carbocycles. The summed E-state index contributed by atoms with van der Waals surface area (Å²) in [5.74, 6) is 1.41. The van der Waals surface area contributed by atoms with E-state index in [1.807, 2.05) is 18.2 Å². The Hall–Kier alpha value is -2.47. The van der Waals surface area contributed by atoms with Gasteiger partial charge in [0.2, 0.25) is 0 Å². The summed E-state index contributed by atoms with van der Waals surface area (Å²) >= 11 is 0. The normalized spacial score (nSPS) is 28.5. The summed E-state index contributed by atoms with van der Waals surface area (Å²) in [5.41, 5.74) is 1.74. The van der Waals surface area contributed by atoms with Crippen LogP contribution in [0, 0.1) is 0 Å². The second-order valence-electron chi connectivity index (χ2n) is 6.98. The van der Waals surface area contributed by atoms with Gasteiger partial charge in [0.1, 0.15) is 12.7 Å². The zero-order valence-electron chi connectivity index (χ0n) is 14.8. The van der Waals surface area contributed by atoms with Gasteiger partial charge >= 0.3 is 6.09 Å². The topological polar surface area (TPSA) is 68.2 Å². The Morgan fingerprint density at radius 1 is 1.54 bits per heavy atom. The molecular weight excluding hydrogens is 334 g/mol. The molecule has 2 unspecified atom stereocenters. The monoisotopic (exact) mass is 357 g/mol. The van der Waals surface area contributed by atoms with E-state index in [1.54, 1.807) is 18.1 Å². The van der Waals surface area contributed by atoms with Crippen molar-refractivity contribution in [1.29, 1.82) is 0 Å². The Bertz CT molecular complexity index is 774. The Balaban J connectivity index is 1.78. The maximum absolute atomic E-state index is 12.4. The number of ether oxygens (including phenoxy) is 3. The number of benzene rings is 1. The Morgan fingerprint density at radius 2 is 2.38 bits per heavy atom. The maximum atomic E-state index is 12.4. The third kappa shape index (κ3) is 2.48. The zero-order valence-corrected chi connectivity index (χ0v) is 14.8. The number of rotatable bonds is 3. The number of aliphatic hydroxyl groups excluding tert-OH is 1. The van der Waals surface area contributed by atoms with Gasteiger partial charge in [0.05, 0.1) is 18.6 Å². The molecule has 3 aliphatic rings. The second-order valence-corrected chi connectivity index (χ2v) is 6.98. The van der Waals surface area contributed by atoms with Crippen LogP contribution < -0.4 is 9.47 Å². The SMILES string of the molecule is C=CCOC(=O)N1CCC23C=CC(O)C[C@H]2Oc2c(OC)ccc(c23)C1. The fraction of sp³-hybridized carbons (Fsp3) is 0.450. The van der Waals surface area contributed by atoms with Crippen molar-refractivity contribution in [2.45, 2.75) is 37.0 Å². The fourth-order valence-electron chi connectivity index (χ4n) is 4.31. The molecule has 0 aromatic heterocycles. The summed E-state index contributed by atoms with van der Waals surface area (Å²) in [6.07, 6.45) is 5.65. The van der Waals surface area contributed by atoms with Crippen molar-refractivity contribution in [3.8, 4) is 11.5 Å². The van der Waals surface area contributed by atoms with Gasteiger partial charge in [-0.15, -0.1) is 0 Å². The molecule has 2 heterocycles. The summed E-state index contributed by atoms with van der Waals surface area (Å²) in [6, 6.07) is 3.86. The Morgan fingerprint density at radius 3 is 3.15 bits per heavy atom. The van der Waals surface area contributed by atoms with Gasteiger partial charge in [-0.25, -0.2) is 4.79 Å². The van der Waals surface area contributed by atoms with E-state index in [0.29, 0.717) is 31.7 Å². The minimum Gasteiger partial charge on any atom is -0.493 e. The quantitative estimate of drug-likeness (QED) is 0.842. The average Bonchev–Trinajstić information content (AvgIpc) is 2.87. The van der Waals surface area contributed by atoms with Gasteiger partial charge in [-0.05, 0) is 18.1 Å². The van der Waals surface area contributed by atoms with E-state index in [4.69, 9.17) is 14.2 Å². The molecule has 0 radical (unpaired) electrons. The standard InChI is InChI=1S/C20H23NO5/c1-3-10-25-19(23)21-9-8-20-7-6-14(22)11-16(20)26-18-15(24-2)5-4-13(12-21)17(18)20/h3-7,14,16,22H,1,8-12H2,2H3/t14?,16-,20?/m1/s1. The predicted octanol–water partition coefficient (Wildman–Crippen LogP) is 2.54. The minimum absolute atomic E-state index is 0.170. The van der Waals surface area contributed by atoms with Crippen LogP contribution in [0.5, 0.6) is 11.5 Å². The van der Waals surface area contributed by atoms with E-state index in [2.05, 4.69) is 12.7 Å². The molecule has 1 spiro atoms. The van der Waals surface area contributed by atoms with Crippen LogP contribution in [0.15, 0.2) is 36.9 Å². The number of aliphatic hydroxyl groups is 1. The van der Waals surface area contributed by atoms with Crippen molar-refractivity contribution >= 4 is 6.09 Å². The van der Waals surface area contributed by atoms with Crippen molar-refractivity contribution in [2.75, 3.05) is 20.3 Å². The molecule has 6 nitrogen and oxygen atoms in total. The number of amides is 1. The smallest absolute Gasteiger partial charge is 0.410 e. The van der Waals surface area contributed by atoms with Crippen molar-refractivity contribution in [1.82, 2.24) is 4.90 Å². The van der Waals surface area contributed by atoms with Gasteiger partial charge in [-0.1, -0.05) is 30.9 Å². The molecule has 0 bridgehead atoms. The lowest BCUT2D eigenvalue weighted by atomic mass is 9.69. The summed E-state index contributed by atoms with van der Waals surface area (Å²) in [5, 5.41) is 10.1. The van der Waals surface area contributed by atoms with Crippen LogP contribution in [-0.4, -0.2) is 48.6 Å². The van der Waals surface area contributed by atoms with Crippen molar-refractivity contribution in [2.24, 2.45) is 0 Å². The Kier molecular flexibility index (Phi) is 4.15. The van der Waals surface area contributed by atoms with Crippen molar-refractivity contribution < 1.29 is 24.1 Å². The number of hydrogen-bond acceptors (Lipinski definition) is 5. The molecule has 1 aromatic carbocycles. The number of methoxy groups -OCH3 is 1. The summed E-state index contributed by atoms with van der Waals surface area (Å²) in [7, 11) is 1.62. The minimum atomic E-state index is -0.522. The first kappa shape index (κ1) is 17.0. The number of nitrogens with zero attached hydrogens (tertiary/aromatic N) is 1. The highest BCUT2D eigenvalue weighted by atomic mass is 16.6. The van der Waals surface area contributed by atoms with E-state index < -0.39 is 6.10 Å². The van der Waals surface area contributed by atoms with E-state index >= 15 is 0 Å². The van der Waals surface area contributed by atoms with Crippen LogP contribution in [0.1, 0.15) is 24.0 Å². The van der Waals surface area contributed by atoms with Crippen LogP contribution in [0.4, 0.5) is 4.79 Å². The fourth-order valence-corrected chi connectivity index (χ4v) is 4.31. The van der Waals surface area contributed by atoms with E-state index in [0.717, 1.165) is 16.9 Å². The molecule has 0 saturated carbocycles. The highest BCUT2D eigenvalue weighted by Crippen LogP contribution is 2.55. The van der Waals surface area contributed by atoms with Gasteiger partial charge in [0.25, 0.3) is 0 Å². The van der Waals surface area contributed by atoms with Crippen LogP contribution in [0.3, 0.4) is 0 Å². The third-order valence-electron chi connectivity index (χ3n) is 5.54. The zero-order chi connectivity index (χ0) is 18.3. The van der Waals surface area contributed by atoms with Gasteiger partial charge in [0, 0.05) is 25.1 Å². The van der Waals surface area contributed by atoms with Gasteiger partial charge < -0.3 is 24.2 Å². The van der Waals surface area contributed by atoms with Crippen LogP contribution in [0.2, 0.25) is 0 Å². The molecule has 1 aromatic rings. The number of hydrogen-bond donors (Lipinski definition) is 1. The van der Waals surface area contributed by atoms with Gasteiger partial charge in [0.15, 0.2) is 11.5 Å². The first-order valence-corrected chi connectivity index (χ1v) is 8.86. The first-order valence-electron chi connectivity index (χ1n) is 8.86. The van der Waals surface area contributed by atoms with E-state index in [9.17, 15) is 9.90 Å². The van der Waals surface area contributed by atoms with E-state index in [-0.39, 0.29) is 24.2 Å². The van der Waals surface area contributed by atoms with E-state index in [1.165, 1.54) is 0 Å². The van der Waals surface area contributed by atoms with Gasteiger partial charge in [-0.2, -0.15) is 0 Å². The number of carbonyl (C=O) groups excluding carboxylic acids is 1. The third-order valence-corrected chi connectivity index (χ3v) is 5.54. The molecule has 3 atom stereocenters. The molecule has 2 aliphatic heterocycles. The molecule has 26 heavy (non-hydrogen) atoms. The lowest BCUT2D eigenvalue weighted by Crippen LogP contribution is -2.43. The highest BCUT2D eigenvalue weighted by Gasteiger charge is 2.53. The van der Waals surface area contributed by atoms with Crippen molar-refractivity contribution in [3.63, 3.8) is 0 Å². The van der Waals surface area contributed by atoms with Crippen LogP contribution in [0.25, 0.3) is 0 Å². The molecular formula is C20H23NO5. The molecule has 0 saturated heterocycles. The van der Waals surface area contributed by atoms with Crippen molar-refractivity contribution in [3.05, 3.63) is 48.1 Å². The molecule has 138 valence electrons. The highest BCUT2D eigenvalue weighted by molar-refractivity contribution is 5.69. The molecule has 1 N–H and O–H groups in total. The summed E-state index contributed by atoms with van der Waals surface area (Å²) in [6.45, 7) is 4.78. The second kappa shape index (κ2) is 6.36. The first-order chi connectivity index (χ1) is 12.6. The Labute approximate surface area is 152 Å². The average molecular weight is 357 g/mol. The van der Waals surface area contributed by atoms with Gasteiger partial charge in [-0.3, -0.25) is 0 Å². The van der Waals surface area contributed by atoms with Crippen LogP contribution >= 0.6 is 0 Å². The number of carbonyl (C=O) groups is 1. The maximum Gasteiger partial charge on any atom is 0.410 e. The van der Waals surface area contributed by atoms with Crippen LogP contribution in [-0.2, 0) is 16.7 Å². The summed E-state index contributed by atoms with van der Waals surface area (Å²) < 4.78 is 17.0. The molecule has 6 heteroatoms. The lowest BCUT2D eigenvalue weighted by molar-refractivity contribution is 0.0766. The molecule has 4 rings (SSSR count). The lowest BCUT2D eigenvalue weighted by Gasteiger charge is -2.35. The summed E-state index contributed by atoms with van der Waals surface area (Å²) in [4.78, 5) is 14.1.